The van der Waals surface area contributed by atoms with Crippen molar-refractivity contribution in [2.45, 2.75) is 13.8 Å². The van der Waals surface area contributed by atoms with Gasteiger partial charge in [-0.05, 0) is 56.3 Å². The molecule has 5 rings (SSSR count). The summed E-state index contributed by atoms with van der Waals surface area (Å²) in [6.45, 7) is 3.47. The Morgan fingerprint density at radius 3 is 2.26 bits per heavy atom. The molecule has 4 aromatic rings. The van der Waals surface area contributed by atoms with Crippen molar-refractivity contribution in [3.05, 3.63) is 89.5 Å². The van der Waals surface area contributed by atoms with Crippen LogP contribution in [0.25, 0.3) is 5.82 Å². The van der Waals surface area contributed by atoms with Gasteiger partial charge < -0.3 is 10.1 Å². The molecule has 10 heteroatoms. The van der Waals surface area contributed by atoms with Crippen LogP contribution >= 0.6 is 0 Å². The molecule has 0 radical (unpaired) electrons. The number of nitrogens with one attached hydrogen (secondary N) is 1. The Balaban J connectivity index is 1.22. The van der Waals surface area contributed by atoms with E-state index in [-0.39, 0.29) is 6.54 Å². The van der Waals surface area contributed by atoms with Crippen molar-refractivity contribution in [2.24, 2.45) is 0 Å². The molecule has 0 aliphatic carbocycles. The Morgan fingerprint density at radius 1 is 0.943 bits per heavy atom. The normalized spacial score (nSPS) is 12.6. The van der Waals surface area contributed by atoms with Gasteiger partial charge in [0.25, 0.3) is 11.8 Å². The number of amides is 3. The summed E-state index contributed by atoms with van der Waals surface area (Å²) >= 11 is 0. The highest BCUT2D eigenvalue weighted by Crippen LogP contribution is 2.24. The van der Waals surface area contributed by atoms with E-state index in [4.69, 9.17) is 4.74 Å². The number of hydrogen-bond acceptors (Lipinski definition) is 7. The van der Waals surface area contributed by atoms with Crippen LogP contribution in [0.5, 0.6) is 11.6 Å². The van der Waals surface area contributed by atoms with Crippen LogP contribution in [0, 0.1) is 13.8 Å². The van der Waals surface area contributed by atoms with Crippen molar-refractivity contribution in [1.82, 2.24) is 24.6 Å². The van der Waals surface area contributed by atoms with Crippen molar-refractivity contribution >= 4 is 23.4 Å². The second-order valence-electron chi connectivity index (χ2n) is 7.97. The van der Waals surface area contributed by atoms with Gasteiger partial charge in [0.1, 0.15) is 18.6 Å². The molecule has 2 aromatic heterocycles. The van der Waals surface area contributed by atoms with Crippen LogP contribution in [0.3, 0.4) is 0 Å². The molecule has 0 spiro atoms. The quantitative estimate of drug-likeness (QED) is 0.431. The molecule has 1 N–H and O–H groups in total. The van der Waals surface area contributed by atoms with E-state index in [9.17, 15) is 14.4 Å². The Kier molecular flexibility index (Phi) is 5.54. The molecular formula is C25H20N6O4. The average molecular weight is 468 g/mol. The molecule has 3 heterocycles. The van der Waals surface area contributed by atoms with Crippen LogP contribution in [0.4, 0.5) is 5.69 Å². The maximum absolute atomic E-state index is 12.5. The minimum atomic E-state index is -0.487. The third-order valence-corrected chi connectivity index (χ3v) is 5.39. The van der Waals surface area contributed by atoms with Crippen LogP contribution in [0.1, 0.15) is 32.1 Å². The van der Waals surface area contributed by atoms with Crippen LogP contribution in [-0.4, -0.2) is 48.9 Å². The number of anilines is 1. The van der Waals surface area contributed by atoms with Crippen molar-refractivity contribution in [1.29, 1.82) is 0 Å². The highest BCUT2D eigenvalue weighted by Gasteiger charge is 2.36. The highest BCUT2D eigenvalue weighted by atomic mass is 16.5. The number of carbonyl (C=O) groups is 3. The standard InChI is InChI=1S/C25H20N6O4/c1-15-11-16(2)31(29-15)21-12-23(27-14-26-21)35-18-9-7-17(8-10-18)28-22(32)13-30-24(33)19-5-3-4-6-20(19)25(30)34/h3-12,14H,13H2,1-2H3,(H,28,32). The van der Waals surface area contributed by atoms with E-state index in [0.29, 0.717) is 34.3 Å². The number of aromatic nitrogens is 4. The zero-order chi connectivity index (χ0) is 24.5. The van der Waals surface area contributed by atoms with Crippen molar-refractivity contribution < 1.29 is 19.1 Å². The van der Waals surface area contributed by atoms with Crippen LogP contribution < -0.4 is 10.1 Å². The van der Waals surface area contributed by atoms with E-state index in [1.807, 2.05) is 19.9 Å². The van der Waals surface area contributed by atoms with Gasteiger partial charge in [0, 0.05) is 17.4 Å². The molecule has 0 atom stereocenters. The van der Waals surface area contributed by atoms with Crippen molar-refractivity contribution in [3.8, 4) is 17.4 Å². The number of fused-ring (bicyclic) bond motifs is 1. The average Bonchev–Trinajstić information content (AvgIpc) is 3.31. The molecular weight excluding hydrogens is 448 g/mol. The number of nitrogens with zero attached hydrogens (tertiary/aromatic N) is 5. The fourth-order valence-electron chi connectivity index (χ4n) is 3.82. The largest absolute Gasteiger partial charge is 0.439 e. The lowest BCUT2D eigenvalue weighted by atomic mass is 10.1. The van der Waals surface area contributed by atoms with Crippen LogP contribution in [0.2, 0.25) is 0 Å². The first-order valence-electron chi connectivity index (χ1n) is 10.8. The zero-order valence-electron chi connectivity index (χ0n) is 18.9. The second kappa shape index (κ2) is 8.82. The van der Waals surface area contributed by atoms with E-state index in [2.05, 4.69) is 20.4 Å². The number of ether oxygens (including phenoxy) is 1. The maximum Gasteiger partial charge on any atom is 0.262 e. The third kappa shape index (κ3) is 4.36. The topological polar surface area (TPSA) is 119 Å². The fourth-order valence-corrected chi connectivity index (χ4v) is 3.82. The lowest BCUT2D eigenvalue weighted by Gasteiger charge is -2.14. The summed E-state index contributed by atoms with van der Waals surface area (Å²) in [4.78, 5) is 46.7. The smallest absolute Gasteiger partial charge is 0.262 e. The van der Waals surface area contributed by atoms with Crippen molar-refractivity contribution in [2.75, 3.05) is 11.9 Å². The molecule has 0 saturated carbocycles. The third-order valence-electron chi connectivity index (χ3n) is 5.39. The summed E-state index contributed by atoms with van der Waals surface area (Å²) in [5.41, 5.74) is 2.91. The van der Waals surface area contributed by atoms with Gasteiger partial charge in [-0.3, -0.25) is 19.3 Å². The van der Waals surface area contributed by atoms with Crippen LogP contribution in [0.15, 0.2) is 67.0 Å². The minimum absolute atomic E-state index is 0.303. The molecule has 0 saturated heterocycles. The summed E-state index contributed by atoms with van der Waals surface area (Å²) in [5, 5.41) is 7.10. The summed E-state index contributed by atoms with van der Waals surface area (Å²) in [7, 11) is 0. The Labute approximate surface area is 200 Å². The highest BCUT2D eigenvalue weighted by molar-refractivity contribution is 6.22. The fraction of sp³-hybridized carbons (Fsp3) is 0.120. The van der Waals surface area contributed by atoms with Gasteiger partial charge in [-0.1, -0.05) is 12.1 Å². The first kappa shape index (κ1) is 22.0. The molecule has 1 aliphatic heterocycles. The molecule has 10 nitrogen and oxygen atoms in total. The molecule has 0 unspecified atom stereocenters. The molecule has 2 aromatic carbocycles. The predicted molar refractivity (Wildman–Crippen MR) is 126 cm³/mol. The van der Waals surface area contributed by atoms with Crippen molar-refractivity contribution in [3.63, 3.8) is 0 Å². The lowest BCUT2D eigenvalue weighted by molar-refractivity contribution is -0.116. The zero-order valence-corrected chi connectivity index (χ0v) is 18.9. The van der Waals surface area contributed by atoms with E-state index < -0.39 is 17.7 Å². The summed E-state index contributed by atoms with van der Waals surface area (Å²) < 4.78 is 7.52. The van der Waals surface area contributed by atoms with Gasteiger partial charge in [0.2, 0.25) is 11.8 Å². The van der Waals surface area contributed by atoms with E-state index in [0.717, 1.165) is 16.3 Å². The monoisotopic (exact) mass is 468 g/mol. The molecule has 174 valence electrons. The Hall–Kier alpha value is -4.86. The minimum Gasteiger partial charge on any atom is -0.439 e. The summed E-state index contributed by atoms with van der Waals surface area (Å²) in [6, 6.07) is 16.8. The van der Waals surface area contributed by atoms with E-state index >= 15 is 0 Å². The molecule has 3 amide bonds. The number of carbonyl (C=O) groups excluding carboxylic acids is 3. The first-order valence-corrected chi connectivity index (χ1v) is 10.8. The van der Waals surface area contributed by atoms with E-state index in [1.165, 1.54) is 6.33 Å². The number of rotatable bonds is 6. The summed E-state index contributed by atoms with van der Waals surface area (Å²) in [5.74, 6) is -0.0224. The number of imide groups is 1. The Bertz CT molecular complexity index is 1430. The molecule has 35 heavy (non-hydrogen) atoms. The molecule has 1 aliphatic rings. The van der Waals surface area contributed by atoms with Gasteiger partial charge in [-0.15, -0.1) is 0 Å². The van der Waals surface area contributed by atoms with Gasteiger partial charge in [-0.25, -0.2) is 14.6 Å². The van der Waals surface area contributed by atoms with Gasteiger partial charge in [-0.2, -0.15) is 5.10 Å². The lowest BCUT2D eigenvalue weighted by Crippen LogP contribution is -2.37. The Morgan fingerprint density at radius 2 is 1.63 bits per heavy atom. The number of aryl methyl sites for hydroxylation is 2. The first-order chi connectivity index (χ1) is 16.9. The SMILES string of the molecule is Cc1cc(C)n(-c2cc(Oc3ccc(NC(=O)CN4C(=O)c5ccccc5C4=O)cc3)ncn2)n1. The van der Waals surface area contributed by atoms with Crippen LogP contribution in [-0.2, 0) is 4.79 Å². The van der Waals surface area contributed by atoms with Gasteiger partial charge in [0.15, 0.2) is 5.82 Å². The predicted octanol–water partition coefficient (Wildman–Crippen LogP) is 3.31. The van der Waals surface area contributed by atoms with Gasteiger partial charge >= 0.3 is 0 Å². The molecule has 0 bridgehead atoms. The number of benzene rings is 2. The molecule has 0 fully saturated rings. The second-order valence-corrected chi connectivity index (χ2v) is 7.97. The summed E-state index contributed by atoms with van der Waals surface area (Å²) in [6.07, 6.45) is 1.40. The maximum atomic E-state index is 12.5. The van der Waals surface area contributed by atoms with Gasteiger partial charge in [0.05, 0.1) is 16.8 Å². The number of hydrogen-bond donors (Lipinski definition) is 1. The van der Waals surface area contributed by atoms with E-state index in [1.54, 1.807) is 59.3 Å².